The van der Waals surface area contributed by atoms with E-state index in [9.17, 15) is 9.59 Å². The molecule has 0 saturated heterocycles. The number of aliphatic carboxylic acids is 1. The summed E-state index contributed by atoms with van der Waals surface area (Å²) in [5, 5.41) is 11.9. The molecule has 1 aliphatic carbocycles. The second-order valence-corrected chi connectivity index (χ2v) is 6.31. The Balaban J connectivity index is 2.07. The summed E-state index contributed by atoms with van der Waals surface area (Å²) >= 11 is 0. The van der Waals surface area contributed by atoms with E-state index in [0.717, 1.165) is 36.0 Å². The van der Waals surface area contributed by atoms with Crippen molar-refractivity contribution in [2.24, 2.45) is 0 Å². The highest BCUT2D eigenvalue weighted by Gasteiger charge is 2.40. The average molecular weight is 289 g/mol. The lowest BCUT2D eigenvalue weighted by atomic mass is 9.74. The van der Waals surface area contributed by atoms with Gasteiger partial charge in [-0.05, 0) is 56.7 Å². The Hall–Kier alpha value is -1.84. The molecule has 0 spiro atoms. The fourth-order valence-corrected chi connectivity index (χ4v) is 3.23. The standard InChI is InChI=1S/C17H23NO3/c1-11-7-12(2)14(13(3)8-11)9-15(19)18-17(5-4-6-17)10-16(20)21/h7-8H,4-6,9-10H2,1-3H3,(H,18,19)(H,20,21). The minimum atomic E-state index is -0.849. The summed E-state index contributed by atoms with van der Waals surface area (Å²) in [6, 6.07) is 4.15. The first-order chi connectivity index (χ1) is 9.81. The van der Waals surface area contributed by atoms with Gasteiger partial charge in [0.15, 0.2) is 0 Å². The zero-order valence-electron chi connectivity index (χ0n) is 13.0. The second-order valence-electron chi connectivity index (χ2n) is 6.31. The summed E-state index contributed by atoms with van der Waals surface area (Å²) < 4.78 is 0. The van der Waals surface area contributed by atoms with Crippen LogP contribution in [0.5, 0.6) is 0 Å². The minimum Gasteiger partial charge on any atom is -0.481 e. The molecule has 0 radical (unpaired) electrons. The highest BCUT2D eigenvalue weighted by molar-refractivity contribution is 5.81. The first kappa shape index (κ1) is 15.5. The lowest BCUT2D eigenvalue weighted by molar-refractivity contribution is -0.140. The molecule has 21 heavy (non-hydrogen) atoms. The van der Waals surface area contributed by atoms with E-state index in [2.05, 4.69) is 17.4 Å². The predicted molar refractivity (Wildman–Crippen MR) is 81.3 cm³/mol. The normalized spacial score (nSPS) is 16.1. The first-order valence-electron chi connectivity index (χ1n) is 7.41. The van der Waals surface area contributed by atoms with Gasteiger partial charge in [-0.3, -0.25) is 9.59 Å². The third-order valence-electron chi connectivity index (χ3n) is 4.38. The number of rotatable bonds is 5. The molecule has 0 bridgehead atoms. The largest absolute Gasteiger partial charge is 0.481 e. The van der Waals surface area contributed by atoms with Crippen molar-refractivity contribution in [1.82, 2.24) is 5.32 Å². The molecule has 2 rings (SSSR count). The van der Waals surface area contributed by atoms with Gasteiger partial charge in [-0.25, -0.2) is 0 Å². The van der Waals surface area contributed by atoms with Crippen LogP contribution < -0.4 is 5.32 Å². The maximum absolute atomic E-state index is 12.3. The molecule has 0 heterocycles. The molecule has 114 valence electrons. The summed E-state index contributed by atoms with van der Waals surface area (Å²) in [7, 11) is 0. The summed E-state index contributed by atoms with van der Waals surface area (Å²) in [4.78, 5) is 23.2. The van der Waals surface area contributed by atoms with Crippen molar-refractivity contribution in [3.05, 3.63) is 34.4 Å². The number of amides is 1. The van der Waals surface area contributed by atoms with Crippen LogP contribution in [0.1, 0.15) is 47.9 Å². The fraction of sp³-hybridized carbons (Fsp3) is 0.529. The van der Waals surface area contributed by atoms with E-state index >= 15 is 0 Å². The molecule has 1 saturated carbocycles. The van der Waals surface area contributed by atoms with Crippen LogP contribution in [0.25, 0.3) is 0 Å². The zero-order chi connectivity index (χ0) is 15.6. The average Bonchev–Trinajstić information content (AvgIpc) is 2.30. The molecule has 2 N–H and O–H groups in total. The zero-order valence-corrected chi connectivity index (χ0v) is 13.0. The molecule has 1 aromatic carbocycles. The lowest BCUT2D eigenvalue weighted by Gasteiger charge is -2.41. The minimum absolute atomic E-state index is 0.0185. The number of carbonyl (C=O) groups excluding carboxylic acids is 1. The molecule has 4 nitrogen and oxygen atoms in total. The number of hydrogen-bond acceptors (Lipinski definition) is 2. The Bertz CT molecular complexity index is 550. The van der Waals surface area contributed by atoms with Crippen molar-refractivity contribution in [3.8, 4) is 0 Å². The van der Waals surface area contributed by atoms with Crippen LogP contribution in [0.2, 0.25) is 0 Å². The van der Waals surface area contributed by atoms with E-state index in [1.165, 1.54) is 5.56 Å². The van der Waals surface area contributed by atoms with Gasteiger partial charge in [-0.2, -0.15) is 0 Å². The van der Waals surface area contributed by atoms with Crippen molar-refractivity contribution < 1.29 is 14.7 Å². The summed E-state index contributed by atoms with van der Waals surface area (Å²) in [6.07, 6.45) is 2.84. The van der Waals surface area contributed by atoms with E-state index in [4.69, 9.17) is 5.11 Å². The Labute approximate surface area is 125 Å². The number of carboxylic acids is 1. The Morgan fingerprint density at radius 3 is 2.19 bits per heavy atom. The number of carbonyl (C=O) groups is 2. The van der Waals surface area contributed by atoms with Gasteiger partial charge in [0.1, 0.15) is 0 Å². The van der Waals surface area contributed by atoms with Crippen molar-refractivity contribution in [2.45, 2.75) is 58.4 Å². The van der Waals surface area contributed by atoms with Gasteiger partial charge in [-0.1, -0.05) is 17.7 Å². The lowest BCUT2D eigenvalue weighted by Crippen LogP contribution is -2.55. The number of hydrogen-bond donors (Lipinski definition) is 2. The van der Waals surface area contributed by atoms with E-state index in [1.54, 1.807) is 0 Å². The van der Waals surface area contributed by atoms with Crippen molar-refractivity contribution in [2.75, 3.05) is 0 Å². The van der Waals surface area contributed by atoms with Gasteiger partial charge in [-0.15, -0.1) is 0 Å². The summed E-state index contributed by atoms with van der Waals surface area (Å²) in [5.41, 5.74) is 3.94. The maximum Gasteiger partial charge on any atom is 0.305 e. The molecular weight excluding hydrogens is 266 g/mol. The molecule has 1 amide bonds. The Kier molecular flexibility index (Phi) is 4.35. The van der Waals surface area contributed by atoms with Gasteiger partial charge >= 0.3 is 5.97 Å². The second kappa shape index (κ2) is 5.88. The summed E-state index contributed by atoms with van der Waals surface area (Å²) in [5.74, 6) is -0.927. The van der Waals surface area contributed by atoms with Crippen LogP contribution in [0, 0.1) is 20.8 Å². The predicted octanol–water partition coefficient (Wildman–Crippen LogP) is 2.67. The van der Waals surface area contributed by atoms with Crippen LogP contribution in [0.4, 0.5) is 0 Å². The van der Waals surface area contributed by atoms with E-state index < -0.39 is 11.5 Å². The van der Waals surface area contributed by atoms with Crippen LogP contribution >= 0.6 is 0 Å². The van der Waals surface area contributed by atoms with Gasteiger partial charge in [0, 0.05) is 0 Å². The maximum atomic E-state index is 12.3. The number of nitrogens with one attached hydrogen (secondary N) is 1. The summed E-state index contributed by atoms with van der Waals surface area (Å²) in [6.45, 7) is 6.07. The van der Waals surface area contributed by atoms with Crippen molar-refractivity contribution >= 4 is 11.9 Å². The number of aryl methyl sites for hydroxylation is 3. The third-order valence-corrected chi connectivity index (χ3v) is 4.38. The topological polar surface area (TPSA) is 66.4 Å². The SMILES string of the molecule is Cc1cc(C)c(CC(=O)NC2(CC(=O)O)CCC2)c(C)c1. The number of benzene rings is 1. The van der Waals surface area contributed by atoms with Crippen LogP contribution in [0.3, 0.4) is 0 Å². The first-order valence-corrected chi connectivity index (χ1v) is 7.41. The highest BCUT2D eigenvalue weighted by atomic mass is 16.4. The monoisotopic (exact) mass is 289 g/mol. The van der Waals surface area contributed by atoms with Crippen LogP contribution in [0.15, 0.2) is 12.1 Å². The number of carboxylic acid groups (broad SMARTS) is 1. The van der Waals surface area contributed by atoms with Crippen molar-refractivity contribution in [3.63, 3.8) is 0 Å². The molecule has 1 aliphatic rings. The fourth-order valence-electron chi connectivity index (χ4n) is 3.23. The highest BCUT2D eigenvalue weighted by Crippen LogP contribution is 2.35. The molecule has 1 fully saturated rings. The Morgan fingerprint density at radius 1 is 1.19 bits per heavy atom. The Morgan fingerprint density at radius 2 is 1.76 bits per heavy atom. The van der Waals surface area contributed by atoms with E-state index in [1.807, 2.05) is 20.8 Å². The van der Waals surface area contributed by atoms with Gasteiger partial charge in [0.05, 0.1) is 18.4 Å². The molecule has 1 aromatic rings. The van der Waals surface area contributed by atoms with Crippen molar-refractivity contribution in [1.29, 1.82) is 0 Å². The molecular formula is C17H23NO3. The van der Waals surface area contributed by atoms with Crippen LogP contribution in [-0.2, 0) is 16.0 Å². The van der Waals surface area contributed by atoms with E-state index in [0.29, 0.717) is 6.42 Å². The molecule has 0 aliphatic heterocycles. The molecule has 0 aromatic heterocycles. The van der Waals surface area contributed by atoms with Gasteiger partial charge in [0.2, 0.25) is 5.91 Å². The third kappa shape index (κ3) is 3.63. The quantitative estimate of drug-likeness (QED) is 0.875. The van der Waals surface area contributed by atoms with Crippen LogP contribution in [-0.4, -0.2) is 22.5 Å². The molecule has 4 heteroatoms. The van der Waals surface area contributed by atoms with Gasteiger partial charge in [0.25, 0.3) is 0 Å². The van der Waals surface area contributed by atoms with Gasteiger partial charge < -0.3 is 10.4 Å². The smallest absolute Gasteiger partial charge is 0.305 e. The molecule has 0 atom stereocenters. The van der Waals surface area contributed by atoms with E-state index in [-0.39, 0.29) is 12.3 Å². The molecule has 0 unspecified atom stereocenters.